The molecule has 0 aliphatic rings. The molecule has 0 atom stereocenters. The molecule has 112 valence electrons. The molecule has 2 rings (SSSR count). The van der Waals surface area contributed by atoms with E-state index in [1.54, 1.807) is 30.3 Å². The van der Waals surface area contributed by atoms with Crippen molar-refractivity contribution in [2.75, 3.05) is 0 Å². The molecule has 3 N–H and O–H groups in total. The number of carbonyl (C=O) groups is 2. The maximum absolute atomic E-state index is 11.7. The smallest absolute Gasteiger partial charge is 0.313 e. The number of halogens is 1. The van der Waals surface area contributed by atoms with E-state index < -0.39 is 11.9 Å². The lowest BCUT2D eigenvalue weighted by molar-refractivity contribution is 0.0936. The first-order chi connectivity index (χ1) is 10.6. The third-order valence-electron chi connectivity index (χ3n) is 2.69. The number of rotatable bonds is 3. The Balaban J connectivity index is 1.77. The third-order valence-corrected chi connectivity index (χ3v) is 2.94. The van der Waals surface area contributed by atoms with Crippen LogP contribution in [0, 0.1) is 0 Å². The summed E-state index contributed by atoms with van der Waals surface area (Å²) < 4.78 is 0. The lowest BCUT2D eigenvalue weighted by Crippen LogP contribution is -2.45. The zero-order chi connectivity index (χ0) is 15.8. The largest absolute Gasteiger partial charge is 0.337 e. The van der Waals surface area contributed by atoms with Gasteiger partial charge in [-0.25, -0.2) is 10.2 Å². The molecule has 22 heavy (non-hydrogen) atoms. The van der Waals surface area contributed by atoms with Crippen LogP contribution in [0.25, 0.3) is 6.08 Å². The van der Waals surface area contributed by atoms with Crippen molar-refractivity contribution in [3.8, 4) is 0 Å². The van der Waals surface area contributed by atoms with Crippen LogP contribution in [-0.2, 0) is 0 Å². The first-order valence-corrected chi connectivity index (χ1v) is 6.87. The Morgan fingerprint density at radius 2 is 1.59 bits per heavy atom. The molecule has 2 aromatic carbocycles. The van der Waals surface area contributed by atoms with Crippen LogP contribution < -0.4 is 16.2 Å². The Morgan fingerprint density at radius 1 is 0.909 bits per heavy atom. The van der Waals surface area contributed by atoms with E-state index in [1.807, 2.05) is 30.3 Å². The molecule has 0 radical (unpaired) electrons. The van der Waals surface area contributed by atoms with E-state index in [-0.39, 0.29) is 0 Å². The van der Waals surface area contributed by atoms with E-state index in [2.05, 4.69) is 16.2 Å². The fraction of sp³-hybridized carbons (Fsp3) is 0. The summed E-state index contributed by atoms with van der Waals surface area (Å²) in [6.07, 6.45) is 3.22. The summed E-state index contributed by atoms with van der Waals surface area (Å²) >= 11 is 5.73. The fourth-order valence-corrected chi connectivity index (χ4v) is 1.73. The normalized spacial score (nSPS) is 10.2. The van der Waals surface area contributed by atoms with Gasteiger partial charge in [0.05, 0.1) is 0 Å². The quantitative estimate of drug-likeness (QED) is 0.762. The summed E-state index contributed by atoms with van der Waals surface area (Å²) in [6, 6.07) is 15.3. The van der Waals surface area contributed by atoms with Gasteiger partial charge in [0, 0.05) is 16.8 Å². The second-order valence-electron chi connectivity index (χ2n) is 4.30. The number of carbonyl (C=O) groups excluding carboxylic acids is 2. The predicted molar refractivity (Wildman–Crippen MR) is 86.1 cm³/mol. The highest BCUT2D eigenvalue weighted by molar-refractivity contribution is 6.30. The Morgan fingerprint density at radius 3 is 2.27 bits per heavy atom. The second-order valence-corrected chi connectivity index (χ2v) is 4.74. The van der Waals surface area contributed by atoms with Crippen LogP contribution in [0.15, 0.2) is 60.8 Å². The molecule has 2 aromatic rings. The van der Waals surface area contributed by atoms with E-state index in [0.29, 0.717) is 10.6 Å². The van der Waals surface area contributed by atoms with Crippen molar-refractivity contribution in [1.29, 1.82) is 0 Å². The Bertz CT molecular complexity index is 670. The Labute approximate surface area is 133 Å². The molecule has 5 nitrogen and oxygen atoms in total. The van der Waals surface area contributed by atoms with Gasteiger partial charge in [-0.2, -0.15) is 0 Å². The molecular formula is C16H14ClN3O2. The summed E-state index contributed by atoms with van der Waals surface area (Å²) in [4.78, 5) is 23.3. The van der Waals surface area contributed by atoms with Crippen molar-refractivity contribution in [2.45, 2.75) is 0 Å². The minimum Gasteiger partial charge on any atom is -0.313 e. The molecule has 0 saturated heterocycles. The van der Waals surface area contributed by atoms with Gasteiger partial charge in [0.2, 0.25) is 0 Å². The Kier molecular flexibility index (Phi) is 5.57. The first-order valence-electron chi connectivity index (χ1n) is 6.49. The first kappa shape index (κ1) is 15.6. The predicted octanol–water partition coefficient (Wildman–Crippen LogP) is 2.95. The molecule has 6 heteroatoms. The molecule has 0 saturated carbocycles. The highest BCUT2D eigenvalue weighted by Crippen LogP contribution is 2.08. The van der Waals surface area contributed by atoms with Gasteiger partial charge in [0.25, 0.3) is 5.91 Å². The molecule has 0 aliphatic heterocycles. The molecule has 0 fully saturated rings. The van der Waals surface area contributed by atoms with E-state index >= 15 is 0 Å². The Hall–Kier alpha value is -2.79. The number of hydrogen-bond acceptors (Lipinski definition) is 2. The standard InChI is InChI=1S/C16H14ClN3O2/c17-14-8-6-13(7-9-14)15(21)19-20-16(22)18-11-10-12-4-2-1-3-5-12/h1-11H,(H,19,21)(H2,18,20,22)/b11-10+. The third kappa shape index (κ3) is 4.96. The number of hydrazine groups is 1. The minimum absolute atomic E-state index is 0.393. The van der Waals surface area contributed by atoms with Crippen LogP contribution in [0.4, 0.5) is 4.79 Å². The maximum Gasteiger partial charge on any atom is 0.337 e. The van der Waals surface area contributed by atoms with Crippen LogP contribution >= 0.6 is 11.6 Å². The van der Waals surface area contributed by atoms with Gasteiger partial charge >= 0.3 is 6.03 Å². The zero-order valence-electron chi connectivity index (χ0n) is 11.5. The number of urea groups is 1. The van der Waals surface area contributed by atoms with Crippen LogP contribution in [0.3, 0.4) is 0 Å². The van der Waals surface area contributed by atoms with Crippen LogP contribution in [0.2, 0.25) is 5.02 Å². The number of hydrogen-bond donors (Lipinski definition) is 3. The monoisotopic (exact) mass is 315 g/mol. The summed E-state index contributed by atoms with van der Waals surface area (Å²) in [7, 11) is 0. The highest BCUT2D eigenvalue weighted by Gasteiger charge is 2.05. The van der Waals surface area contributed by atoms with Crippen molar-refractivity contribution >= 4 is 29.6 Å². The van der Waals surface area contributed by atoms with Gasteiger partial charge in [-0.3, -0.25) is 10.2 Å². The second kappa shape index (κ2) is 7.85. The SMILES string of the molecule is O=C(N/C=C/c1ccccc1)NNC(=O)c1ccc(Cl)cc1. The van der Waals surface area contributed by atoms with E-state index in [1.165, 1.54) is 6.20 Å². The van der Waals surface area contributed by atoms with Crippen LogP contribution in [0.5, 0.6) is 0 Å². The lowest BCUT2D eigenvalue weighted by atomic mass is 10.2. The molecule has 0 spiro atoms. The number of benzene rings is 2. The van der Waals surface area contributed by atoms with Crippen molar-refractivity contribution in [2.24, 2.45) is 0 Å². The molecule has 0 bridgehead atoms. The van der Waals surface area contributed by atoms with Crippen molar-refractivity contribution in [3.05, 3.63) is 76.9 Å². The molecule has 0 aromatic heterocycles. The average molecular weight is 316 g/mol. The summed E-state index contributed by atoms with van der Waals surface area (Å²) in [5, 5.41) is 3.02. The van der Waals surface area contributed by atoms with E-state index in [0.717, 1.165) is 5.56 Å². The fourth-order valence-electron chi connectivity index (χ4n) is 1.60. The summed E-state index contributed by atoms with van der Waals surface area (Å²) in [5.41, 5.74) is 5.88. The van der Waals surface area contributed by atoms with Crippen molar-refractivity contribution in [1.82, 2.24) is 16.2 Å². The number of amides is 3. The maximum atomic E-state index is 11.7. The van der Waals surface area contributed by atoms with Gasteiger partial charge in [-0.15, -0.1) is 0 Å². The number of nitrogens with one attached hydrogen (secondary N) is 3. The van der Waals surface area contributed by atoms with Gasteiger partial charge in [0.1, 0.15) is 0 Å². The van der Waals surface area contributed by atoms with Crippen LogP contribution in [-0.4, -0.2) is 11.9 Å². The molecular weight excluding hydrogens is 302 g/mol. The highest BCUT2D eigenvalue weighted by atomic mass is 35.5. The lowest BCUT2D eigenvalue weighted by Gasteiger charge is -2.06. The molecule has 3 amide bonds. The summed E-state index contributed by atoms with van der Waals surface area (Å²) in [5.74, 6) is -0.432. The summed E-state index contributed by atoms with van der Waals surface area (Å²) in [6.45, 7) is 0. The average Bonchev–Trinajstić information content (AvgIpc) is 2.54. The van der Waals surface area contributed by atoms with Crippen LogP contribution in [0.1, 0.15) is 15.9 Å². The van der Waals surface area contributed by atoms with Gasteiger partial charge < -0.3 is 5.32 Å². The van der Waals surface area contributed by atoms with Crippen molar-refractivity contribution in [3.63, 3.8) is 0 Å². The molecule has 0 heterocycles. The van der Waals surface area contributed by atoms with Crippen molar-refractivity contribution < 1.29 is 9.59 Å². The topological polar surface area (TPSA) is 70.2 Å². The molecule has 0 unspecified atom stereocenters. The minimum atomic E-state index is -0.547. The zero-order valence-corrected chi connectivity index (χ0v) is 12.3. The molecule has 0 aliphatic carbocycles. The van der Waals surface area contributed by atoms with E-state index in [4.69, 9.17) is 11.6 Å². The van der Waals surface area contributed by atoms with E-state index in [9.17, 15) is 9.59 Å². The van der Waals surface area contributed by atoms with Gasteiger partial charge in [0.15, 0.2) is 0 Å². The van der Waals surface area contributed by atoms with Gasteiger partial charge in [-0.05, 0) is 35.9 Å². The van der Waals surface area contributed by atoms with Gasteiger partial charge in [-0.1, -0.05) is 41.9 Å².